The van der Waals surface area contributed by atoms with Crippen molar-refractivity contribution in [1.29, 1.82) is 0 Å². The van der Waals surface area contributed by atoms with Crippen LogP contribution in [0.3, 0.4) is 0 Å². The molecule has 0 rings (SSSR count). The Morgan fingerprint density at radius 3 is 1.50 bits per heavy atom. The van der Waals surface area contributed by atoms with E-state index in [0.717, 1.165) is 37.6 Å². The van der Waals surface area contributed by atoms with Crippen LogP contribution in [-0.4, -0.2) is 38.9 Å². The number of hydrogen-bond donors (Lipinski definition) is 2. The van der Waals surface area contributed by atoms with E-state index in [4.69, 9.17) is 0 Å². The Bertz CT molecular complexity index is 174. The van der Waals surface area contributed by atoms with E-state index in [1.165, 1.54) is 0 Å². The molecule has 4 heteroatoms. The fourth-order valence-electron chi connectivity index (χ4n) is 0.875. The average Bonchev–Trinajstić information content (AvgIpc) is 2.22. The van der Waals surface area contributed by atoms with E-state index in [1.807, 2.05) is 27.9 Å². The Labute approximate surface area is 86.9 Å². The molecule has 0 radical (unpaired) electrons. The number of amidine groups is 2. The normalized spacial score (nSPS) is 12.9. The Hall–Kier alpha value is -1.06. The topological polar surface area (TPSA) is 48.8 Å². The predicted molar refractivity (Wildman–Crippen MR) is 63.3 cm³/mol. The molecule has 0 heterocycles. The van der Waals surface area contributed by atoms with Crippen molar-refractivity contribution in [2.24, 2.45) is 9.98 Å². The Morgan fingerprint density at radius 2 is 1.21 bits per heavy atom. The summed E-state index contributed by atoms with van der Waals surface area (Å²) in [6.07, 6.45) is 2.19. The molecule has 0 bridgehead atoms. The van der Waals surface area contributed by atoms with E-state index in [2.05, 4.69) is 20.6 Å². The minimum Gasteiger partial charge on any atom is -0.377 e. The van der Waals surface area contributed by atoms with Crippen molar-refractivity contribution in [1.82, 2.24) is 10.6 Å². The molecule has 0 saturated heterocycles. The highest BCUT2D eigenvalue weighted by Gasteiger charge is 1.88. The Kier molecular flexibility index (Phi) is 7.89. The second-order valence-electron chi connectivity index (χ2n) is 3.14. The monoisotopic (exact) mass is 198 g/mol. The van der Waals surface area contributed by atoms with Crippen LogP contribution in [0.1, 0.15) is 26.7 Å². The molecule has 0 spiro atoms. The average molecular weight is 198 g/mol. The first-order chi connectivity index (χ1) is 6.70. The molecule has 0 amide bonds. The molecule has 0 unspecified atom stereocenters. The minimum atomic E-state index is 0.890. The van der Waals surface area contributed by atoms with Gasteiger partial charge in [0.2, 0.25) is 0 Å². The number of hydrogen-bond acceptors (Lipinski definition) is 2. The summed E-state index contributed by atoms with van der Waals surface area (Å²) in [6.45, 7) is 5.73. The zero-order valence-electron chi connectivity index (χ0n) is 9.72. The summed E-state index contributed by atoms with van der Waals surface area (Å²) in [7, 11) is 3.78. The van der Waals surface area contributed by atoms with Crippen LogP contribution in [0.4, 0.5) is 0 Å². The summed E-state index contributed by atoms with van der Waals surface area (Å²) >= 11 is 0. The van der Waals surface area contributed by atoms with Crippen LogP contribution in [0.25, 0.3) is 0 Å². The smallest absolute Gasteiger partial charge is 0.0929 e. The van der Waals surface area contributed by atoms with Gasteiger partial charge in [-0.1, -0.05) is 0 Å². The maximum Gasteiger partial charge on any atom is 0.0929 e. The second-order valence-corrected chi connectivity index (χ2v) is 3.14. The zero-order chi connectivity index (χ0) is 10.8. The van der Waals surface area contributed by atoms with Gasteiger partial charge in [0.1, 0.15) is 0 Å². The highest BCUT2D eigenvalue weighted by molar-refractivity contribution is 5.79. The Morgan fingerprint density at radius 1 is 0.857 bits per heavy atom. The van der Waals surface area contributed by atoms with Crippen LogP contribution in [0.5, 0.6) is 0 Å². The van der Waals surface area contributed by atoms with E-state index >= 15 is 0 Å². The summed E-state index contributed by atoms with van der Waals surface area (Å²) in [5.74, 6) is 2.00. The molecule has 0 aromatic rings. The van der Waals surface area contributed by atoms with Crippen molar-refractivity contribution in [3.8, 4) is 0 Å². The summed E-state index contributed by atoms with van der Waals surface area (Å²) in [5.41, 5.74) is 0. The molecule has 0 saturated carbocycles. The van der Waals surface area contributed by atoms with Crippen molar-refractivity contribution in [3.05, 3.63) is 0 Å². The second kappa shape index (κ2) is 8.53. The van der Waals surface area contributed by atoms with Gasteiger partial charge in [-0.2, -0.15) is 0 Å². The van der Waals surface area contributed by atoms with Crippen molar-refractivity contribution >= 4 is 11.7 Å². The van der Waals surface area contributed by atoms with Crippen molar-refractivity contribution in [2.75, 3.05) is 27.2 Å². The van der Waals surface area contributed by atoms with Crippen LogP contribution in [0.15, 0.2) is 9.98 Å². The number of unbranched alkanes of at least 4 members (excludes halogenated alkanes) is 1. The standard InChI is InChI=1S/C10H22N4/c1-9(11-3)13-7-5-6-8-14-10(2)12-4/h5-8H2,1-4H3,(H,11,13)(H,12,14). The van der Waals surface area contributed by atoms with E-state index in [-0.39, 0.29) is 0 Å². The van der Waals surface area contributed by atoms with Gasteiger partial charge in [0, 0.05) is 27.2 Å². The van der Waals surface area contributed by atoms with Crippen LogP contribution in [0.2, 0.25) is 0 Å². The number of nitrogens with zero attached hydrogens (tertiary/aromatic N) is 2. The van der Waals surface area contributed by atoms with Gasteiger partial charge in [0.25, 0.3) is 0 Å². The molecule has 4 nitrogen and oxygen atoms in total. The fourth-order valence-corrected chi connectivity index (χ4v) is 0.875. The molecule has 0 aliphatic carbocycles. The molecule has 2 N–H and O–H groups in total. The quantitative estimate of drug-likeness (QED) is 0.394. The van der Waals surface area contributed by atoms with Gasteiger partial charge in [0.15, 0.2) is 0 Å². The molecule has 0 aromatic heterocycles. The molecular weight excluding hydrogens is 176 g/mol. The van der Waals surface area contributed by atoms with Crippen molar-refractivity contribution in [2.45, 2.75) is 26.7 Å². The molecule has 0 fully saturated rings. The lowest BCUT2D eigenvalue weighted by molar-refractivity contribution is 0.751. The minimum absolute atomic E-state index is 0.890. The summed E-state index contributed by atoms with van der Waals surface area (Å²) in [6, 6.07) is 0. The maximum absolute atomic E-state index is 4.32. The highest BCUT2D eigenvalue weighted by Crippen LogP contribution is 1.91. The van der Waals surface area contributed by atoms with E-state index < -0.39 is 0 Å². The summed E-state index contributed by atoms with van der Waals surface area (Å²) in [5, 5.41) is 5.99. The third-order valence-electron chi connectivity index (χ3n) is 1.99. The SMILES string of the molecule is CN/C(C)=N/CCCC/N=C(\C)NC. The number of rotatable bonds is 5. The van der Waals surface area contributed by atoms with Gasteiger partial charge < -0.3 is 10.6 Å². The summed E-state index contributed by atoms with van der Waals surface area (Å²) < 4.78 is 0. The van der Waals surface area contributed by atoms with Gasteiger partial charge in [-0.25, -0.2) is 0 Å². The highest BCUT2D eigenvalue weighted by atomic mass is 15.0. The largest absolute Gasteiger partial charge is 0.377 e. The maximum atomic E-state index is 4.32. The molecule has 0 aliphatic rings. The van der Waals surface area contributed by atoms with Gasteiger partial charge in [0.05, 0.1) is 11.7 Å². The molecule has 0 aliphatic heterocycles. The van der Waals surface area contributed by atoms with E-state index in [0.29, 0.717) is 0 Å². The van der Waals surface area contributed by atoms with Gasteiger partial charge >= 0.3 is 0 Å². The lowest BCUT2D eigenvalue weighted by Gasteiger charge is -1.99. The van der Waals surface area contributed by atoms with Gasteiger partial charge in [-0.3, -0.25) is 9.98 Å². The van der Waals surface area contributed by atoms with Crippen LogP contribution < -0.4 is 10.6 Å². The van der Waals surface area contributed by atoms with Gasteiger partial charge in [-0.15, -0.1) is 0 Å². The third kappa shape index (κ3) is 7.58. The fraction of sp³-hybridized carbons (Fsp3) is 0.800. The predicted octanol–water partition coefficient (Wildman–Crippen LogP) is 1.04. The number of aliphatic imine (C=N–C) groups is 2. The van der Waals surface area contributed by atoms with Crippen molar-refractivity contribution in [3.63, 3.8) is 0 Å². The third-order valence-corrected chi connectivity index (χ3v) is 1.99. The lowest BCUT2D eigenvalue weighted by atomic mass is 10.3. The van der Waals surface area contributed by atoms with Crippen LogP contribution in [-0.2, 0) is 0 Å². The molecule has 82 valence electrons. The molecule has 14 heavy (non-hydrogen) atoms. The molecular formula is C10H22N4. The molecule has 0 atom stereocenters. The van der Waals surface area contributed by atoms with Gasteiger partial charge in [-0.05, 0) is 26.7 Å². The first kappa shape index (κ1) is 12.9. The lowest BCUT2D eigenvalue weighted by Crippen LogP contribution is -2.14. The van der Waals surface area contributed by atoms with Crippen LogP contribution in [0, 0.1) is 0 Å². The molecule has 0 aromatic carbocycles. The van der Waals surface area contributed by atoms with Crippen molar-refractivity contribution < 1.29 is 0 Å². The summed E-state index contributed by atoms with van der Waals surface area (Å²) in [4.78, 5) is 8.64. The van der Waals surface area contributed by atoms with E-state index in [9.17, 15) is 0 Å². The van der Waals surface area contributed by atoms with E-state index in [1.54, 1.807) is 0 Å². The first-order valence-corrected chi connectivity index (χ1v) is 5.08. The van der Waals surface area contributed by atoms with Crippen LogP contribution >= 0.6 is 0 Å². The first-order valence-electron chi connectivity index (χ1n) is 5.08. The number of nitrogens with one attached hydrogen (secondary N) is 2. The zero-order valence-corrected chi connectivity index (χ0v) is 9.72. The Balaban J connectivity index is 3.39.